The molecule has 132 valence electrons. The minimum atomic E-state index is -0.782. The fourth-order valence-electron chi connectivity index (χ4n) is 1.86. The SMILES string of the molecule is CCOC(=O)[C@H](C)NC(=O)CNC(=O)c1ccc(OC)c(OC)c1. The predicted molar refractivity (Wildman–Crippen MR) is 86.1 cm³/mol. The van der Waals surface area contributed by atoms with Gasteiger partial charge in [-0.3, -0.25) is 9.59 Å². The Kier molecular flexibility index (Phi) is 7.54. The van der Waals surface area contributed by atoms with E-state index in [4.69, 9.17) is 14.2 Å². The van der Waals surface area contributed by atoms with Crippen LogP contribution in [0.5, 0.6) is 11.5 Å². The highest BCUT2D eigenvalue weighted by Crippen LogP contribution is 2.27. The summed E-state index contributed by atoms with van der Waals surface area (Å²) in [4.78, 5) is 35.2. The highest BCUT2D eigenvalue weighted by molar-refractivity contribution is 5.97. The fourth-order valence-corrected chi connectivity index (χ4v) is 1.86. The van der Waals surface area contributed by atoms with Crippen LogP contribution >= 0.6 is 0 Å². The molecule has 8 heteroatoms. The lowest BCUT2D eigenvalue weighted by atomic mass is 10.2. The van der Waals surface area contributed by atoms with Gasteiger partial charge in [0.25, 0.3) is 5.91 Å². The first-order chi connectivity index (χ1) is 11.4. The molecule has 0 aliphatic rings. The average molecular weight is 338 g/mol. The van der Waals surface area contributed by atoms with Crippen molar-refractivity contribution in [1.82, 2.24) is 10.6 Å². The van der Waals surface area contributed by atoms with Gasteiger partial charge < -0.3 is 24.8 Å². The third kappa shape index (κ3) is 5.45. The van der Waals surface area contributed by atoms with Gasteiger partial charge >= 0.3 is 5.97 Å². The second kappa shape index (κ2) is 9.39. The number of hydrogen-bond donors (Lipinski definition) is 2. The summed E-state index contributed by atoms with van der Waals surface area (Å²) in [6.45, 7) is 3.15. The molecule has 1 rings (SSSR count). The van der Waals surface area contributed by atoms with E-state index in [2.05, 4.69) is 10.6 Å². The first kappa shape index (κ1) is 19.3. The van der Waals surface area contributed by atoms with Crippen molar-refractivity contribution in [2.24, 2.45) is 0 Å². The molecule has 2 N–H and O–H groups in total. The Morgan fingerprint density at radius 2 is 1.79 bits per heavy atom. The van der Waals surface area contributed by atoms with Crippen LogP contribution < -0.4 is 20.1 Å². The molecule has 0 fully saturated rings. The number of rotatable bonds is 8. The van der Waals surface area contributed by atoms with E-state index in [0.717, 1.165) is 0 Å². The molecule has 2 amide bonds. The Morgan fingerprint density at radius 1 is 1.12 bits per heavy atom. The van der Waals surface area contributed by atoms with Crippen LogP contribution in [0.4, 0.5) is 0 Å². The molecule has 8 nitrogen and oxygen atoms in total. The number of benzene rings is 1. The molecule has 0 bridgehead atoms. The lowest BCUT2D eigenvalue weighted by molar-refractivity contribution is -0.146. The van der Waals surface area contributed by atoms with Crippen molar-refractivity contribution in [1.29, 1.82) is 0 Å². The minimum absolute atomic E-state index is 0.231. The number of nitrogens with one attached hydrogen (secondary N) is 2. The monoisotopic (exact) mass is 338 g/mol. The molecular formula is C16H22N2O6. The Hall–Kier alpha value is -2.77. The molecule has 0 unspecified atom stereocenters. The van der Waals surface area contributed by atoms with Crippen molar-refractivity contribution in [2.75, 3.05) is 27.4 Å². The van der Waals surface area contributed by atoms with Gasteiger partial charge in [0.15, 0.2) is 11.5 Å². The van der Waals surface area contributed by atoms with Gasteiger partial charge in [-0.05, 0) is 32.0 Å². The zero-order chi connectivity index (χ0) is 18.1. The van der Waals surface area contributed by atoms with Crippen LogP contribution in [0.1, 0.15) is 24.2 Å². The number of methoxy groups -OCH3 is 2. The largest absolute Gasteiger partial charge is 0.493 e. The number of esters is 1. The van der Waals surface area contributed by atoms with Crippen LogP contribution in [0, 0.1) is 0 Å². The van der Waals surface area contributed by atoms with E-state index in [9.17, 15) is 14.4 Å². The van der Waals surface area contributed by atoms with E-state index in [-0.39, 0.29) is 13.2 Å². The third-order valence-corrected chi connectivity index (χ3v) is 3.07. The summed E-state index contributed by atoms with van der Waals surface area (Å²) in [6.07, 6.45) is 0. The molecule has 0 saturated carbocycles. The highest BCUT2D eigenvalue weighted by atomic mass is 16.5. The summed E-state index contributed by atoms with van der Waals surface area (Å²) in [5.41, 5.74) is 0.318. The van der Waals surface area contributed by atoms with E-state index < -0.39 is 23.8 Å². The van der Waals surface area contributed by atoms with Gasteiger partial charge in [-0.25, -0.2) is 4.79 Å². The van der Waals surface area contributed by atoms with Crippen molar-refractivity contribution >= 4 is 17.8 Å². The second-order valence-corrected chi connectivity index (χ2v) is 4.79. The molecule has 1 atom stereocenters. The summed E-state index contributed by atoms with van der Waals surface area (Å²) in [5, 5.41) is 4.90. The van der Waals surface area contributed by atoms with Crippen LogP contribution in [0.3, 0.4) is 0 Å². The molecule has 1 aromatic rings. The van der Waals surface area contributed by atoms with Crippen molar-refractivity contribution in [3.63, 3.8) is 0 Å². The molecule has 24 heavy (non-hydrogen) atoms. The van der Waals surface area contributed by atoms with Crippen LogP contribution in [-0.4, -0.2) is 51.2 Å². The van der Waals surface area contributed by atoms with Crippen LogP contribution in [0.2, 0.25) is 0 Å². The lowest BCUT2D eigenvalue weighted by Gasteiger charge is -2.13. The van der Waals surface area contributed by atoms with Gasteiger partial charge in [0.05, 0.1) is 27.4 Å². The van der Waals surface area contributed by atoms with Crippen LogP contribution in [0.25, 0.3) is 0 Å². The first-order valence-electron chi connectivity index (χ1n) is 7.39. The maximum Gasteiger partial charge on any atom is 0.328 e. The first-order valence-corrected chi connectivity index (χ1v) is 7.39. The van der Waals surface area contributed by atoms with Gasteiger partial charge in [0.2, 0.25) is 5.91 Å². The second-order valence-electron chi connectivity index (χ2n) is 4.79. The van der Waals surface area contributed by atoms with Gasteiger partial charge in [0.1, 0.15) is 6.04 Å². The van der Waals surface area contributed by atoms with Crippen molar-refractivity contribution in [3.05, 3.63) is 23.8 Å². The minimum Gasteiger partial charge on any atom is -0.493 e. The maximum atomic E-state index is 12.1. The molecular weight excluding hydrogens is 316 g/mol. The number of carbonyl (C=O) groups excluding carboxylic acids is 3. The van der Waals surface area contributed by atoms with E-state index in [1.165, 1.54) is 27.2 Å². The smallest absolute Gasteiger partial charge is 0.328 e. The summed E-state index contributed by atoms with van der Waals surface area (Å²) >= 11 is 0. The summed E-state index contributed by atoms with van der Waals surface area (Å²) in [7, 11) is 2.95. The number of carbonyl (C=O) groups is 3. The Balaban J connectivity index is 2.56. The van der Waals surface area contributed by atoms with E-state index >= 15 is 0 Å². The summed E-state index contributed by atoms with van der Waals surface area (Å²) in [6, 6.07) is 3.87. The van der Waals surface area contributed by atoms with Gasteiger partial charge in [-0.2, -0.15) is 0 Å². The van der Waals surface area contributed by atoms with Crippen molar-refractivity contribution in [2.45, 2.75) is 19.9 Å². The molecule has 0 aliphatic heterocycles. The molecule has 0 spiro atoms. The van der Waals surface area contributed by atoms with Crippen molar-refractivity contribution in [3.8, 4) is 11.5 Å². The zero-order valence-electron chi connectivity index (χ0n) is 14.2. The Labute approximate surface area is 140 Å². The van der Waals surface area contributed by atoms with Crippen LogP contribution in [0.15, 0.2) is 18.2 Å². The molecule has 0 aliphatic carbocycles. The van der Waals surface area contributed by atoms with Gasteiger partial charge in [-0.1, -0.05) is 0 Å². The molecule has 0 saturated heterocycles. The molecule has 1 aromatic carbocycles. The third-order valence-electron chi connectivity index (χ3n) is 3.07. The number of ether oxygens (including phenoxy) is 3. The predicted octanol–water partition coefficient (Wildman–Crippen LogP) is 0.501. The van der Waals surface area contributed by atoms with E-state index in [1.807, 2.05) is 0 Å². The normalized spacial score (nSPS) is 11.2. The number of hydrogen-bond acceptors (Lipinski definition) is 6. The summed E-state index contributed by atoms with van der Waals surface area (Å²) in [5.74, 6) is -0.572. The van der Waals surface area contributed by atoms with E-state index in [0.29, 0.717) is 17.1 Å². The summed E-state index contributed by atoms with van der Waals surface area (Å²) < 4.78 is 15.0. The molecule has 0 heterocycles. The highest BCUT2D eigenvalue weighted by Gasteiger charge is 2.17. The van der Waals surface area contributed by atoms with E-state index in [1.54, 1.807) is 19.1 Å². The van der Waals surface area contributed by atoms with Gasteiger partial charge in [-0.15, -0.1) is 0 Å². The van der Waals surface area contributed by atoms with Gasteiger partial charge in [0, 0.05) is 5.56 Å². The zero-order valence-corrected chi connectivity index (χ0v) is 14.2. The fraction of sp³-hybridized carbons (Fsp3) is 0.438. The number of amides is 2. The molecule has 0 aromatic heterocycles. The van der Waals surface area contributed by atoms with Crippen LogP contribution in [-0.2, 0) is 14.3 Å². The molecule has 0 radical (unpaired) electrons. The topological polar surface area (TPSA) is 103 Å². The Morgan fingerprint density at radius 3 is 2.38 bits per heavy atom. The average Bonchev–Trinajstić information content (AvgIpc) is 2.59. The lowest BCUT2D eigenvalue weighted by Crippen LogP contribution is -2.44. The standard InChI is InChI=1S/C16H22N2O6/c1-5-24-16(21)10(2)18-14(19)9-17-15(20)11-6-7-12(22-3)13(8-11)23-4/h6-8,10H,5,9H2,1-4H3,(H,17,20)(H,18,19)/t10-/m0/s1. The Bertz CT molecular complexity index is 602. The quantitative estimate of drug-likeness (QED) is 0.669. The maximum absolute atomic E-state index is 12.1. The van der Waals surface area contributed by atoms with Crippen molar-refractivity contribution < 1.29 is 28.6 Å².